The number of phenolic OH excluding ortho intramolecular Hbond substituents is 1. The number of carbonyl (C=O) groups is 1. The van der Waals surface area contributed by atoms with E-state index in [9.17, 15) is 15.0 Å². The predicted molar refractivity (Wildman–Crippen MR) is 113 cm³/mol. The molecule has 0 spiro atoms. The number of benzene rings is 2. The van der Waals surface area contributed by atoms with Gasteiger partial charge >= 0.3 is 5.97 Å². The molecule has 0 aliphatic carbocycles. The van der Waals surface area contributed by atoms with Gasteiger partial charge in [0.1, 0.15) is 22.1 Å². The zero-order valence-electron chi connectivity index (χ0n) is 15.9. The van der Waals surface area contributed by atoms with E-state index in [0.29, 0.717) is 15.6 Å². The molecule has 0 atom stereocenters. The van der Waals surface area contributed by atoms with Gasteiger partial charge in [-0.2, -0.15) is 0 Å². The molecule has 28 heavy (non-hydrogen) atoms. The van der Waals surface area contributed by atoms with E-state index in [0.717, 1.165) is 16.7 Å². The molecule has 0 fully saturated rings. The Morgan fingerprint density at radius 2 is 1.96 bits per heavy atom. The Morgan fingerprint density at radius 1 is 1.18 bits per heavy atom. The minimum atomic E-state index is -0.607. The van der Waals surface area contributed by atoms with Gasteiger partial charge < -0.3 is 14.9 Å². The zero-order valence-corrected chi connectivity index (χ0v) is 16.7. The summed E-state index contributed by atoms with van der Waals surface area (Å²) in [5.41, 5.74) is 3.32. The summed E-state index contributed by atoms with van der Waals surface area (Å²) < 4.78 is 5.11. The number of aliphatic hydroxyl groups is 1. The third-order valence-corrected chi connectivity index (χ3v) is 5.14. The molecule has 2 aromatic carbocycles. The molecule has 1 aliphatic rings. The van der Waals surface area contributed by atoms with Crippen LogP contribution in [0.2, 0.25) is 0 Å². The summed E-state index contributed by atoms with van der Waals surface area (Å²) in [6, 6.07) is 12.7. The van der Waals surface area contributed by atoms with Crippen molar-refractivity contribution in [2.75, 3.05) is 6.61 Å². The SMILES string of the molecule is CCOC(=O)C1=C(O)/C(=C\c2ccc(O)c(C)c2)SC1=Nc1cccc(C)c1. The molecule has 2 N–H and O–H groups in total. The number of hydrogen-bond donors (Lipinski definition) is 2. The standard InChI is InChI=1S/C22H21NO4S/c1-4-27-22(26)19-20(25)18(12-15-8-9-17(24)14(3)11-15)28-21(19)23-16-7-5-6-13(2)10-16/h5-12,24-25H,4H2,1-3H3/b18-12+,23-21?. The van der Waals surface area contributed by atoms with E-state index in [4.69, 9.17) is 4.74 Å². The van der Waals surface area contributed by atoms with Crippen LogP contribution in [0.3, 0.4) is 0 Å². The molecule has 1 aliphatic heterocycles. The van der Waals surface area contributed by atoms with Crippen molar-refractivity contribution in [2.24, 2.45) is 4.99 Å². The van der Waals surface area contributed by atoms with Crippen molar-refractivity contribution in [3.8, 4) is 5.75 Å². The number of carbonyl (C=O) groups excluding carboxylic acids is 1. The van der Waals surface area contributed by atoms with E-state index in [-0.39, 0.29) is 23.7 Å². The van der Waals surface area contributed by atoms with Crippen LogP contribution in [0.1, 0.15) is 23.6 Å². The van der Waals surface area contributed by atoms with E-state index in [1.54, 1.807) is 38.1 Å². The summed E-state index contributed by atoms with van der Waals surface area (Å²) >= 11 is 1.21. The van der Waals surface area contributed by atoms with Crippen LogP contribution in [0.4, 0.5) is 5.69 Å². The fourth-order valence-corrected chi connectivity index (χ4v) is 3.76. The Morgan fingerprint density at radius 3 is 2.64 bits per heavy atom. The molecule has 6 heteroatoms. The maximum Gasteiger partial charge on any atom is 0.344 e. The second-order valence-electron chi connectivity index (χ2n) is 6.36. The quantitative estimate of drug-likeness (QED) is 0.696. The molecule has 0 radical (unpaired) electrons. The molecule has 3 rings (SSSR count). The Balaban J connectivity index is 2.05. The summed E-state index contributed by atoms with van der Waals surface area (Å²) in [4.78, 5) is 17.5. The fraction of sp³-hybridized carbons (Fsp3) is 0.182. The van der Waals surface area contributed by atoms with Crippen LogP contribution in [-0.2, 0) is 9.53 Å². The van der Waals surface area contributed by atoms with E-state index >= 15 is 0 Å². The molecule has 0 aromatic heterocycles. The third-order valence-electron chi connectivity index (χ3n) is 4.12. The van der Waals surface area contributed by atoms with Gasteiger partial charge in [-0.1, -0.05) is 30.0 Å². The molecule has 0 unspecified atom stereocenters. The molecule has 5 nitrogen and oxygen atoms in total. The van der Waals surface area contributed by atoms with E-state index in [1.807, 2.05) is 31.2 Å². The minimum absolute atomic E-state index is 0.0649. The molecule has 0 saturated heterocycles. The summed E-state index contributed by atoms with van der Waals surface area (Å²) in [7, 11) is 0. The molecule has 0 bridgehead atoms. The van der Waals surface area contributed by atoms with Gasteiger partial charge in [0.25, 0.3) is 0 Å². The first kappa shape index (κ1) is 19.8. The molecule has 1 heterocycles. The lowest BCUT2D eigenvalue weighted by Crippen LogP contribution is -2.12. The number of esters is 1. The lowest BCUT2D eigenvalue weighted by atomic mass is 10.1. The van der Waals surface area contributed by atoms with Crippen LogP contribution in [0.15, 0.2) is 63.7 Å². The van der Waals surface area contributed by atoms with Gasteiger partial charge in [-0.3, -0.25) is 0 Å². The highest BCUT2D eigenvalue weighted by molar-refractivity contribution is 8.18. The average Bonchev–Trinajstić information content (AvgIpc) is 2.93. The van der Waals surface area contributed by atoms with Crippen molar-refractivity contribution in [1.29, 1.82) is 0 Å². The smallest absolute Gasteiger partial charge is 0.344 e. The molecular formula is C22H21NO4S. The summed E-state index contributed by atoms with van der Waals surface area (Å²) in [6.45, 7) is 5.67. The first-order valence-electron chi connectivity index (χ1n) is 8.84. The van der Waals surface area contributed by atoms with Gasteiger partial charge in [-0.15, -0.1) is 0 Å². The van der Waals surface area contributed by atoms with Crippen molar-refractivity contribution in [3.63, 3.8) is 0 Å². The summed E-state index contributed by atoms with van der Waals surface area (Å²) in [6.07, 6.45) is 1.75. The van der Waals surface area contributed by atoms with E-state index < -0.39 is 5.97 Å². The summed E-state index contributed by atoms with van der Waals surface area (Å²) in [5.74, 6) is -0.556. The van der Waals surface area contributed by atoms with Crippen LogP contribution in [-0.4, -0.2) is 27.8 Å². The van der Waals surface area contributed by atoms with Crippen molar-refractivity contribution in [3.05, 3.63) is 75.4 Å². The van der Waals surface area contributed by atoms with Crippen LogP contribution in [0, 0.1) is 13.8 Å². The fourth-order valence-electron chi connectivity index (χ4n) is 2.73. The number of aliphatic imine (C=N–C) groups is 1. The first-order chi connectivity index (χ1) is 13.4. The Hall–Kier alpha value is -2.99. The van der Waals surface area contributed by atoms with Gasteiger partial charge in [-0.05, 0) is 67.8 Å². The molecular weight excluding hydrogens is 374 g/mol. The van der Waals surface area contributed by atoms with Crippen LogP contribution in [0.25, 0.3) is 6.08 Å². The van der Waals surface area contributed by atoms with Gasteiger partial charge in [-0.25, -0.2) is 9.79 Å². The lowest BCUT2D eigenvalue weighted by molar-refractivity contribution is -0.138. The number of aryl methyl sites for hydroxylation is 2. The van der Waals surface area contributed by atoms with Crippen molar-refractivity contribution in [1.82, 2.24) is 0 Å². The largest absolute Gasteiger partial charge is 0.508 e. The van der Waals surface area contributed by atoms with E-state index in [1.165, 1.54) is 11.8 Å². The number of phenols is 1. The highest BCUT2D eigenvalue weighted by atomic mass is 32.2. The summed E-state index contributed by atoms with van der Waals surface area (Å²) in [5, 5.41) is 20.8. The third kappa shape index (κ3) is 4.28. The molecule has 0 saturated carbocycles. The number of aliphatic hydroxyl groups excluding tert-OH is 1. The Kier molecular flexibility index (Phi) is 5.90. The second kappa shape index (κ2) is 8.35. The van der Waals surface area contributed by atoms with Gasteiger partial charge in [0.2, 0.25) is 0 Å². The number of nitrogens with zero attached hydrogens (tertiary/aromatic N) is 1. The van der Waals surface area contributed by atoms with Crippen LogP contribution in [0.5, 0.6) is 5.75 Å². The monoisotopic (exact) mass is 395 g/mol. The number of hydrogen-bond acceptors (Lipinski definition) is 6. The average molecular weight is 395 g/mol. The van der Waals surface area contributed by atoms with Gasteiger partial charge in [0.15, 0.2) is 0 Å². The maximum absolute atomic E-state index is 12.4. The minimum Gasteiger partial charge on any atom is -0.508 e. The van der Waals surface area contributed by atoms with Gasteiger partial charge in [0, 0.05) is 0 Å². The normalized spacial score (nSPS) is 16.8. The van der Waals surface area contributed by atoms with Crippen molar-refractivity contribution >= 4 is 34.5 Å². The lowest BCUT2D eigenvalue weighted by Gasteiger charge is -2.04. The maximum atomic E-state index is 12.4. The van der Waals surface area contributed by atoms with Crippen LogP contribution < -0.4 is 0 Å². The number of rotatable bonds is 4. The molecule has 144 valence electrons. The molecule has 0 amide bonds. The highest BCUT2D eigenvalue weighted by Gasteiger charge is 2.33. The molecule has 2 aromatic rings. The topological polar surface area (TPSA) is 79.1 Å². The van der Waals surface area contributed by atoms with Gasteiger partial charge in [0.05, 0.1) is 17.2 Å². The van der Waals surface area contributed by atoms with Crippen LogP contribution >= 0.6 is 11.8 Å². The highest BCUT2D eigenvalue weighted by Crippen LogP contribution is 2.40. The predicted octanol–water partition coefficient (Wildman–Crippen LogP) is 5.20. The number of thioether (sulfide) groups is 1. The first-order valence-corrected chi connectivity index (χ1v) is 9.66. The second-order valence-corrected chi connectivity index (χ2v) is 7.39. The number of ether oxygens (including phenoxy) is 1. The zero-order chi connectivity index (χ0) is 20.3. The Labute approximate surface area is 168 Å². The van der Waals surface area contributed by atoms with Crippen molar-refractivity contribution < 1.29 is 19.7 Å². The van der Waals surface area contributed by atoms with Crippen molar-refractivity contribution in [2.45, 2.75) is 20.8 Å². The Bertz CT molecular complexity index is 1020. The van der Waals surface area contributed by atoms with E-state index in [2.05, 4.69) is 4.99 Å². The number of aromatic hydroxyl groups is 1.